The fraction of sp³-hybridized carbons (Fsp3) is 0.318. The Morgan fingerprint density at radius 3 is 2.34 bits per heavy atom. The highest BCUT2D eigenvalue weighted by atomic mass is 32.2. The lowest BCUT2D eigenvalue weighted by Gasteiger charge is -2.36. The zero-order valence-electron chi connectivity index (χ0n) is 18.5. The SMILES string of the molecule is CC(=O)N1CCN(S(=O)N(Cc2ccc(-c3nnc(C(F)(F)F)o3)cc2F)c2ccccc2)CC1. The van der Waals surface area contributed by atoms with Crippen LogP contribution >= 0.6 is 0 Å². The van der Waals surface area contributed by atoms with Gasteiger partial charge < -0.3 is 9.32 Å². The van der Waals surface area contributed by atoms with E-state index < -0.39 is 34.9 Å². The van der Waals surface area contributed by atoms with E-state index in [-0.39, 0.29) is 23.6 Å². The zero-order chi connectivity index (χ0) is 25.2. The van der Waals surface area contributed by atoms with Gasteiger partial charge in [-0.15, -0.1) is 10.2 Å². The van der Waals surface area contributed by atoms with Crippen LogP contribution in [-0.4, -0.2) is 55.7 Å². The number of rotatable bonds is 6. The van der Waals surface area contributed by atoms with Gasteiger partial charge >= 0.3 is 12.1 Å². The number of benzene rings is 2. The summed E-state index contributed by atoms with van der Waals surface area (Å²) in [4.78, 5) is 13.3. The molecule has 1 unspecified atom stereocenters. The monoisotopic (exact) mass is 511 g/mol. The minimum Gasteiger partial charge on any atom is -0.413 e. The van der Waals surface area contributed by atoms with E-state index in [1.54, 1.807) is 39.5 Å². The van der Waals surface area contributed by atoms with E-state index in [0.717, 1.165) is 6.07 Å². The average Bonchev–Trinajstić information content (AvgIpc) is 3.35. The van der Waals surface area contributed by atoms with Crippen molar-refractivity contribution in [3.05, 3.63) is 65.8 Å². The van der Waals surface area contributed by atoms with Crippen molar-refractivity contribution in [1.82, 2.24) is 19.4 Å². The molecule has 0 saturated carbocycles. The van der Waals surface area contributed by atoms with Crippen molar-refractivity contribution in [2.45, 2.75) is 19.6 Å². The molecule has 3 aromatic rings. The minimum absolute atomic E-state index is 0.0120. The maximum atomic E-state index is 15.0. The third kappa shape index (κ3) is 5.68. The second-order valence-electron chi connectivity index (χ2n) is 7.75. The minimum atomic E-state index is -4.81. The molecule has 0 N–H and O–H groups in total. The summed E-state index contributed by atoms with van der Waals surface area (Å²) in [5, 5.41) is 6.30. The van der Waals surface area contributed by atoms with Crippen LogP contribution < -0.4 is 4.31 Å². The van der Waals surface area contributed by atoms with Gasteiger partial charge in [-0.05, 0) is 24.3 Å². The standard InChI is InChI=1S/C22H21F4N5O3S/c1-15(32)29-9-11-30(12-10-29)35(33)31(18-5-3-2-4-6-18)14-17-8-7-16(13-19(17)23)20-27-28-21(34-20)22(24,25)26/h2-8,13H,9-12,14H2,1H3. The molecule has 2 aromatic carbocycles. The third-order valence-electron chi connectivity index (χ3n) is 5.42. The number of hydrogen-bond acceptors (Lipinski definition) is 5. The molecule has 186 valence electrons. The highest BCUT2D eigenvalue weighted by Gasteiger charge is 2.38. The van der Waals surface area contributed by atoms with Crippen molar-refractivity contribution in [2.24, 2.45) is 0 Å². The van der Waals surface area contributed by atoms with Crippen molar-refractivity contribution >= 4 is 22.8 Å². The molecule has 1 fully saturated rings. The summed E-state index contributed by atoms with van der Waals surface area (Å²) >= 11 is -1.68. The number of anilines is 1. The number of aromatic nitrogens is 2. The van der Waals surface area contributed by atoms with Gasteiger partial charge in [0.15, 0.2) is 11.2 Å². The van der Waals surface area contributed by atoms with Crippen LogP contribution in [0.5, 0.6) is 0 Å². The summed E-state index contributed by atoms with van der Waals surface area (Å²) in [6.45, 7) is 3.03. The van der Waals surface area contributed by atoms with Crippen molar-refractivity contribution in [1.29, 1.82) is 0 Å². The van der Waals surface area contributed by atoms with E-state index in [0.29, 0.717) is 31.9 Å². The molecule has 1 aromatic heterocycles. The summed E-state index contributed by atoms with van der Waals surface area (Å²) < 4.78 is 74.5. The first-order valence-corrected chi connectivity index (χ1v) is 11.6. The van der Waals surface area contributed by atoms with E-state index in [9.17, 15) is 22.2 Å². The smallest absolute Gasteiger partial charge is 0.413 e. The van der Waals surface area contributed by atoms with Crippen LogP contribution in [0, 0.1) is 5.82 Å². The van der Waals surface area contributed by atoms with Crippen LogP contribution in [-0.2, 0) is 28.7 Å². The molecule has 1 saturated heterocycles. The topological polar surface area (TPSA) is 82.8 Å². The van der Waals surface area contributed by atoms with Crippen LogP contribution in [0.2, 0.25) is 0 Å². The quantitative estimate of drug-likeness (QED) is 0.472. The molecular formula is C22H21F4N5O3S. The number of halogens is 4. The molecule has 2 heterocycles. The van der Waals surface area contributed by atoms with Crippen LogP contribution in [0.15, 0.2) is 52.9 Å². The molecule has 35 heavy (non-hydrogen) atoms. The largest absolute Gasteiger partial charge is 0.470 e. The van der Waals surface area contributed by atoms with Gasteiger partial charge in [-0.3, -0.25) is 9.10 Å². The molecule has 4 rings (SSSR count). The lowest BCUT2D eigenvalue weighted by Crippen LogP contribution is -2.51. The second kappa shape index (κ2) is 10.1. The first-order chi connectivity index (χ1) is 16.6. The number of para-hydroxylation sites is 1. The Hall–Kier alpha value is -3.32. The number of carbonyl (C=O) groups is 1. The highest BCUT2D eigenvalue weighted by Crippen LogP contribution is 2.31. The average molecular weight is 512 g/mol. The van der Waals surface area contributed by atoms with Gasteiger partial charge in [-0.2, -0.15) is 13.2 Å². The molecule has 8 nitrogen and oxygen atoms in total. The summed E-state index contributed by atoms with van der Waals surface area (Å²) in [5.41, 5.74) is 0.751. The van der Waals surface area contributed by atoms with Crippen molar-refractivity contribution < 1.29 is 31.0 Å². The Morgan fingerprint density at radius 2 is 1.77 bits per heavy atom. The van der Waals surface area contributed by atoms with E-state index >= 15 is 4.39 Å². The summed E-state index contributed by atoms with van der Waals surface area (Å²) in [5.74, 6) is -2.77. The molecule has 0 aliphatic carbocycles. The lowest BCUT2D eigenvalue weighted by molar-refractivity contribution is -0.157. The number of piperazine rings is 1. The van der Waals surface area contributed by atoms with Crippen molar-refractivity contribution in [2.75, 3.05) is 30.5 Å². The van der Waals surface area contributed by atoms with Gasteiger partial charge in [-0.25, -0.2) is 12.9 Å². The molecule has 1 aliphatic rings. The van der Waals surface area contributed by atoms with E-state index in [4.69, 9.17) is 0 Å². The van der Waals surface area contributed by atoms with Crippen LogP contribution in [0.1, 0.15) is 18.4 Å². The lowest BCUT2D eigenvalue weighted by atomic mass is 10.1. The van der Waals surface area contributed by atoms with Crippen molar-refractivity contribution in [3.63, 3.8) is 0 Å². The molecule has 0 spiro atoms. The highest BCUT2D eigenvalue weighted by molar-refractivity contribution is 7.84. The normalized spacial score (nSPS) is 15.7. The number of alkyl halides is 3. The number of amides is 1. The molecule has 1 atom stereocenters. The first kappa shape index (κ1) is 24.8. The first-order valence-electron chi connectivity index (χ1n) is 10.6. The summed E-state index contributed by atoms with van der Waals surface area (Å²) in [7, 11) is 0. The van der Waals surface area contributed by atoms with Crippen LogP contribution in [0.4, 0.5) is 23.2 Å². The van der Waals surface area contributed by atoms with Gasteiger partial charge in [0, 0.05) is 44.2 Å². The molecular weight excluding hydrogens is 490 g/mol. The van der Waals surface area contributed by atoms with E-state index in [2.05, 4.69) is 14.6 Å². The van der Waals surface area contributed by atoms with Crippen molar-refractivity contribution in [3.8, 4) is 11.5 Å². The molecule has 1 amide bonds. The maximum Gasteiger partial charge on any atom is 0.470 e. The van der Waals surface area contributed by atoms with Gasteiger partial charge in [-0.1, -0.05) is 24.3 Å². The van der Waals surface area contributed by atoms with Gasteiger partial charge in [0.05, 0.1) is 12.2 Å². The number of carbonyl (C=O) groups excluding carboxylic acids is 1. The van der Waals surface area contributed by atoms with Crippen LogP contribution in [0.3, 0.4) is 0 Å². The fourth-order valence-corrected chi connectivity index (χ4v) is 4.85. The molecule has 0 radical (unpaired) electrons. The van der Waals surface area contributed by atoms with Gasteiger partial charge in [0.2, 0.25) is 11.8 Å². The second-order valence-corrected chi connectivity index (χ2v) is 9.17. The molecule has 0 bridgehead atoms. The zero-order valence-corrected chi connectivity index (χ0v) is 19.4. The Balaban J connectivity index is 1.56. The van der Waals surface area contributed by atoms with Gasteiger partial charge in [0.1, 0.15) is 5.82 Å². The van der Waals surface area contributed by atoms with E-state index in [1.807, 2.05) is 0 Å². The Kier molecular flexibility index (Phi) is 7.17. The Labute approximate surface area is 200 Å². The predicted octanol–water partition coefficient (Wildman–Crippen LogP) is 3.64. The summed E-state index contributed by atoms with van der Waals surface area (Å²) in [6, 6.07) is 12.6. The molecule has 1 aliphatic heterocycles. The number of hydrogen-bond donors (Lipinski definition) is 0. The maximum absolute atomic E-state index is 15.0. The van der Waals surface area contributed by atoms with Crippen LogP contribution in [0.25, 0.3) is 11.5 Å². The fourth-order valence-electron chi connectivity index (χ4n) is 3.55. The molecule has 13 heteroatoms. The van der Waals surface area contributed by atoms with Gasteiger partial charge in [0.25, 0.3) is 0 Å². The predicted molar refractivity (Wildman–Crippen MR) is 119 cm³/mol. The number of nitrogens with zero attached hydrogens (tertiary/aromatic N) is 5. The Morgan fingerprint density at radius 1 is 1.09 bits per heavy atom. The summed E-state index contributed by atoms with van der Waals surface area (Å²) in [6.07, 6.45) is -4.81. The Bertz CT molecular complexity index is 1210. The van der Waals surface area contributed by atoms with E-state index in [1.165, 1.54) is 23.4 Å². The third-order valence-corrected chi connectivity index (χ3v) is 6.94.